The van der Waals surface area contributed by atoms with Crippen LogP contribution in [0.3, 0.4) is 0 Å². The van der Waals surface area contributed by atoms with Crippen LogP contribution in [0.2, 0.25) is 0 Å². The second-order valence-corrected chi connectivity index (χ2v) is 10.3. The topological polar surface area (TPSA) is 73.8 Å². The Morgan fingerprint density at radius 1 is 1.00 bits per heavy atom. The first-order valence-corrected chi connectivity index (χ1v) is 12.4. The molecule has 0 bridgehead atoms. The molecule has 0 atom stereocenters. The molecule has 3 rings (SSSR count). The van der Waals surface area contributed by atoms with Crippen molar-refractivity contribution in [3.63, 3.8) is 0 Å². The summed E-state index contributed by atoms with van der Waals surface area (Å²) in [6.07, 6.45) is 4.05. The fourth-order valence-corrected chi connectivity index (χ4v) is 5.73. The summed E-state index contributed by atoms with van der Waals surface area (Å²) in [6.45, 7) is 4.72. The maximum Gasteiger partial charge on any atom is 0.243 e. The van der Waals surface area contributed by atoms with E-state index in [1.807, 2.05) is 23.5 Å². The van der Waals surface area contributed by atoms with Crippen LogP contribution in [0.25, 0.3) is 0 Å². The van der Waals surface area contributed by atoms with Crippen LogP contribution < -0.4 is 10.6 Å². The van der Waals surface area contributed by atoms with Gasteiger partial charge in [0.1, 0.15) is 0 Å². The molecule has 9 heteroatoms. The molecule has 1 fully saturated rings. The van der Waals surface area contributed by atoms with Gasteiger partial charge in [0.15, 0.2) is 5.96 Å². The molecule has 1 saturated heterocycles. The fourth-order valence-electron chi connectivity index (χ4n) is 3.32. The highest BCUT2D eigenvalue weighted by Gasteiger charge is 2.25. The number of rotatable bonds is 7. The summed E-state index contributed by atoms with van der Waals surface area (Å²) in [5, 5.41) is 6.60. The molecule has 0 amide bonds. The second-order valence-electron chi connectivity index (χ2n) is 7.11. The lowest BCUT2D eigenvalue weighted by Gasteiger charge is -2.25. The smallest absolute Gasteiger partial charge is 0.243 e. The SMILES string of the molecule is CCc1ccc(CNC(=NC)NCc2ccc(S(=O)(=O)N3CCCCC3)cc2)s1.I. The number of aryl methyl sites for hydroxylation is 1. The maximum absolute atomic E-state index is 12.7. The van der Waals surface area contributed by atoms with Crippen LogP contribution >= 0.6 is 35.3 Å². The first-order chi connectivity index (χ1) is 14.0. The average molecular weight is 563 g/mol. The van der Waals surface area contributed by atoms with Gasteiger partial charge in [0.25, 0.3) is 0 Å². The predicted molar refractivity (Wildman–Crippen MR) is 135 cm³/mol. The Bertz CT molecular complexity index is 921. The van der Waals surface area contributed by atoms with Crippen molar-refractivity contribution >= 4 is 51.3 Å². The molecule has 30 heavy (non-hydrogen) atoms. The highest BCUT2D eigenvalue weighted by atomic mass is 127. The average Bonchev–Trinajstić information content (AvgIpc) is 3.23. The van der Waals surface area contributed by atoms with Crippen LogP contribution in [0.4, 0.5) is 0 Å². The molecule has 0 radical (unpaired) electrons. The van der Waals surface area contributed by atoms with E-state index in [9.17, 15) is 8.42 Å². The van der Waals surface area contributed by atoms with Crippen molar-refractivity contribution in [1.29, 1.82) is 0 Å². The molecule has 0 aliphatic carbocycles. The minimum Gasteiger partial charge on any atom is -0.352 e. The number of aliphatic imine (C=N–C) groups is 1. The highest BCUT2D eigenvalue weighted by molar-refractivity contribution is 14.0. The van der Waals surface area contributed by atoms with E-state index in [1.54, 1.807) is 23.5 Å². The number of nitrogens with zero attached hydrogens (tertiary/aromatic N) is 2. The van der Waals surface area contributed by atoms with Gasteiger partial charge in [0.2, 0.25) is 10.0 Å². The molecule has 1 aliphatic heterocycles. The highest BCUT2D eigenvalue weighted by Crippen LogP contribution is 2.21. The van der Waals surface area contributed by atoms with Gasteiger partial charge in [0, 0.05) is 36.4 Å². The number of guanidine groups is 1. The molecule has 1 aliphatic rings. The lowest BCUT2D eigenvalue weighted by atomic mass is 10.2. The summed E-state index contributed by atoms with van der Waals surface area (Å²) < 4.78 is 27.1. The minimum absolute atomic E-state index is 0. The molecule has 2 aromatic rings. The summed E-state index contributed by atoms with van der Waals surface area (Å²) in [4.78, 5) is 7.28. The number of sulfonamides is 1. The van der Waals surface area contributed by atoms with E-state index in [-0.39, 0.29) is 24.0 Å². The van der Waals surface area contributed by atoms with Gasteiger partial charge in [-0.25, -0.2) is 8.42 Å². The van der Waals surface area contributed by atoms with Crippen LogP contribution in [0.15, 0.2) is 46.3 Å². The van der Waals surface area contributed by atoms with Crippen molar-refractivity contribution in [2.24, 2.45) is 4.99 Å². The Morgan fingerprint density at radius 2 is 1.63 bits per heavy atom. The third-order valence-corrected chi connectivity index (χ3v) is 8.20. The van der Waals surface area contributed by atoms with E-state index < -0.39 is 10.0 Å². The van der Waals surface area contributed by atoms with Gasteiger partial charge in [-0.1, -0.05) is 25.5 Å². The van der Waals surface area contributed by atoms with E-state index in [0.717, 1.165) is 43.8 Å². The van der Waals surface area contributed by atoms with E-state index in [2.05, 4.69) is 34.7 Å². The van der Waals surface area contributed by atoms with Gasteiger partial charge in [-0.05, 0) is 49.1 Å². The van der Waals surface area contributed by atoms with Gasteiger partial charge in [-0.15, -0.1) is 35.3 Å². The van der Waals surface area contributed by atoms with Crippen molar-refractivity contribution in [3.05, 3.63) is 51.7 Å². The van der Waals surface area contributed by atoms with Crippen LogP contribution in [-0.2, 0) is 29.5 Å². The summed E-state index contributed by atoms with van der Waals surface area (Å²) in [5.41, 5.74) is 1.01. The predicted octanol–water partition coefficient (Wildman–Crippen LogP) is 3.97. The van der Waals surface area contributed by atoms with Gasteiger partial charge < -0.3 is 10.6 Å². The summed E-state index contributed by atoms with van der Waals surface area (Å²) in [6, 6.07) is 11.4. The Labute approximate surface area is 201 Å². The lowest BCUT2D eigenvalue weighted by Crippen LogP contribution is -2.36. The molecule has 166 valence electrons. The number of piperidine rings is 1. The molecule has 0 unspecified atom stereocenters. The Balaban J connectivity index is 0.00000320. The lowest BCUT2D eigenvalue weighted by molar-refractivity contribution is 0.346. The van der Waals surface area contributed by atoms with E-state index in [4.69, 9.17) is 0 Å². The quantitative estimate of drug-likeness (QED) is 0.305. The van der Waals surface area contributed by atoms with Gasteiger partial charge in [-0.3, -0.25) is 4.99 Å². The maximum atomic E-state index is 12.7. The van der Waals surface area contributed by atoms with Crippen LogP contribution in [0.5, 0.6) is 0 Å². The number of hydrogen-bond donors (Lipinski definition) is 2. The Morgan fingerprint density at radius 3 is 2.23 bits per heavy atom. The zero-order chi connectivity index (χ0) is 20.7. The van der Waals surface area contributed by atoms with Crippen LogP contribution in [-0.4, -0.2) is 38.8 Å². The summed E-state index contributed by atoms with van der Waals surface area (Å²) in [5.74, 6) is 0.724. The van der Waals surface area contributed by atoms with E-state index in [1.165, 1.54) is 9.75 Å². The van der Waals surface area contributed by atoms with Gasteiger partial charge in [-0.2, -0.15) is 4.31 Å². The van der Waals surface area contributed by atoms with Gasteiger partial charge in [0.05, 0.1) is 11.4 Å². The van der Waals surface area contributed by atoms with Crippen molar-refractivity contribution in [2.75, 3.05) is 20.1 Å². The van der Waals surface area contributed by atoms with Crippen molar-refractivity contribution in [2.45, 2.75) is 50.6 Å². The molecule has 6 nitrogen and oxygen atoms in total. The molecule has 1 aromatic heterocycles. The van der Waals surface area contributed by atoms with Crippen molar-refractivity contribution < 1.29 is 8.42 Å². The monoisotopic (exact) mass is 562 g/mol. The molecule has 1 aromatic carbocycles. The molecule has 2 heterocycles. The zero-order valence-corrected chi connectivity index (χ0v) is 21.5. The number of thiophene rings is 1. The number of benzene rings is 1. The standard InChI is InChI=1S/C21H30N4O2S2.HI/c1-3-18-9-10-19(28-18)16-24-21(22-2)23-15-17-7-11-20(12-8-17)29(26,27)25-13-5-4-6-14-25;/h7-12H,3-6,13-16H2,1-2H3,(H2,22,23,24);1H. The molecular weight excluding hydrogens is 531 g/mol. The number of hydrogen-bond acceptors (Lipinski definition) is 4. The second kappa shape index (κ2) is 12.0. The fraction of sp³-hybridized carbons (Fsp3) is 0.476. The van der Waals surface area contributed by atoms with E-state index >= 15 is 0 Å². The molecule has 0 saturated carbocycles. The Hall–Kier alpha value is -1.17. The summed E-state index contributed by atoms with van der Waals surface area (Å²) >= 11 is 1.81. The Kier molecular flexibility index (Phi) is 10.1. The molecule has 2 N–H and O–H groups in total. The number of nitrogens with one attached hydrogen (secondary N) is 2. The van der Waals surface area contributed by atoms with E-state index in [0.29, 0.717) is 24.5 Å². The normalized spacial score (nSPS) is 15.5. The van der Waals surface area contributed by atoms with Crippen molar-refractivity contribution in [1.82, 2.24) is 14.9 Å². The molecular formula is C21H31IN4O2S2. The first kappa shape index (κ1) is 25.1. The third-order valence-electron chi connectivity index (χ3n) is 5.06. The number of halogens is 1. The van der Waals surface area contributed by atoms with Crippen LogP contribution in [0.1, 0.15) is 41.5 Å². The zero-order valence-electron chi connectivity index (χ0n) is 17.6. The van der Waals surface area contributed by atoms with Crippen LogP contribution in [0, 0.1) is 0 Å². The first-order valence-electron chi connectivity index (χ1n) is 10.1. The van der Waals surface area contributed by atoms with Crippen molar-refractivity contribution in [3.8, 4) is 0 Å². The van der Waals surface area contributed by atoms with Gasteiger partial charge >= 0.3 is 0 Å². The largest absolute Gasteiger partial charge is 0.352 e. The third kappa shape index (κ3) is 6.66. The minimum atomic E-state index is -3.38. The molecule has 0 spiro atoms. The summed E-state index contributed by atoms with van der Waals surface area (Å²) in [7, 11) is -1.63.